The number of carbonyl (C=O) groups excluding carboxylic acids is 1. The van der Waals surface area contributed by atoms with Gasteiger partial charge in [-0.3, -0.25) is 9.78 Å². The Morgan fingerprint density at radius 2 is 2.12 bits per heavy atom. The zero-order valence-electron chi connectivity index (χ0n) is 8.56. The first-order chi connectivity index (χ1) is 8.19. The molecule has 0 unspecified atom stereocenters. The normalized spacial score (nSPS) is 10.0. The highest BCUT2D eigenvalue weighted by atomic mass is 79.9. The molecule has 0 saturated carbocycles. The Labute approximate surface area is 105 Å². The van der Waals surface area contributed by atoms with Gasteiger partial charge in [0.2, 0.25) is 0 Å². The lowest BCUT2D eigenvalue weighted by atomic mass is 10.3. The molecule has 0 aliphatic heterocycles. The smallest absolute Gasteiger partial charge is 0.166 e. The molecule has 2 aromatic rings. The first-order valence-corrected chi connectivity index (χ1v) is 5.51. The molecule has 17 heavy (non-hydrogen) atoms. The molecule has 1 aromatic heterocycles. The second-order valence-corrected chi connectivity index (χ2v) is 4.16. The van der Waals surface area contributed by atoms with E-state index in [1.165, 1.54) is 30.6 Å². The fourth-order valence-electron chi connectivity index (χ4n) is 1.24. The maximum absolute atomic E-state index is 13.5. The molecule has 0 radical (unpaired) electrons. The first-order valence-electron chi connectivity index (χ1n) is 4.72. The van der Waals surface area contributed by atoms with Crippen LogP contribution in [0.1, 0.15) is 10.4 Å². The van der Waals surface area contributed by atoms with Crippen LogP contribution in [0.25, 0.3) is 0 Å². The minimum Gasteiger partial charge on any atom is -0.453 e. The zero-order valence-corrected chi connectivity index (χ0v) is 10.1. The number of hydrogen-bond donors (Lipinski definition) is 0. The summed E-state index contributed by atoms with van der Waals surface area (Å²) in [5.41, 5.74) is 0.375. The molecule has 0 saturated heterocycles. The van der Waals surface area contributed by atoms with E-state index >= 15 is 0 Å². The van der Waals surface area contributed by atoms with Crippen molar-refractivity contribution in [3.63, 3.8) is 0 Å². The quantitative estimate of drug-likeness (QED) is 0.813. The highest BCUT2D eigenvalue weighted by molar-refractivity contribution is 9.10. The molecule has 0 aliphatic rings. The van der Waals surface area contributed by atoms with Gasteiger partial charge >= 0.3 is 0 Å². The predicted octanol–water partition coefficient (Wildman–Crippen LogP) is 3.59. The van der Waals surface area contributed by atoms with Crippen molar-refractivity contribution < 1.29 is 13.9 Å². The number of carbonyl (C=O) groups is 1. The van der Waals surface area contributed by atoms with Crippen molar-refractivity contribution in [3.8, 4) is 11.5 Å². The zero-order chi connectivity index (χ0) is 12.3. The summed E-state index contributed by atoms with van der Waals surface area (Å²) in [4.78, 5) is 14.4. The number of rotatable bonds is 3. The van der Waals surface area contributed by atoms with Crippen molar-refractivity contribution in [2.75, 3.05) is 0 Å². The van der Waals surface area contributed by atoms with Gasteiger partial charge in [-0.05, 0) is 24.3 Å². The van der Waals surface area contributed by atoms with E-state index < -0.39 is 5.82 Å². The molecule has 0 bridgehead atoms. The Hall–Kier alpha value is -1.75. The molecule has 1 heterocycles. The highest BCUT2D eigenvalue weighted by Gasteiger charge is 2.06. The molecule has 0 amide bonds. The van der Waals surface area contributed by atoms with Crippen molar-refractivity contribution in [2.24, 2.45) is 0 Å². The van der Waals surface area contributed by atoms with E-state index in [2.05, 4.69) is 20.9 Å². The van der Waals surface area contributed by atoms with E-state index in [0.29, 0.717) is 22.1 Å². The molecule has 3 nitrogen and oxygen atoms in total. The Morgan fingerprint density at radius 3 is 2.82 bits per heavy atom. The molecule has 0 atom stereocenters. The predicted molar refractivity (Wildman–Crippen MR) is 63.8 cm³/mol. The van der Waals surface area contributed by atoms with Crippen molar-refractivity contribution in [2.45, 2.75) is 0 Å². The number of aldehydes is 1. The first kappa shape index (κ1) is 11.7. The van der Waals surface area contributed by atoms with Crippen LogP contribution < -0.4 is 4.74 Å². The Bertz CT molecular complexity index is 560. The summed E-state index contributed by atoms with van der Waals surface area (Å²) in [6, 6.07) is 5.94. The maximum atomic E-state index is 13.5. The molecule has 0 fully saturated rings. The van der Waals surface area contributed by atoms with Crippen molar-refractivity contribution >= 4 is 22.2 Å². The molecular formula is C12H7BrFNO2. The molecule has 86 valence electrons. The van der Waals surface area contributed by atoms with Crippen molar-refractivity contribution in [1.29, 1.82) is 0 Å². The summed E-state index contributed by atoms with van der Waals surface area (Å²) in [5.74, 6) is -0.0928. The minimum absolute atomic E-state index is 0.0815. The molecule has 1 aromatic carbocycles. The maximum Gasteiger partial charge on any atom is 0.166 e. The van der Waals surface area contributed by atoms with E-state index in [1.54, 1.807) is 6.07 Å². The van der Waals surface area contributed by atoms with Crippen molar-refractivity contribution in [3.05, 3.63) is 52.5 Å². The SMILES string of the molecule is O=Cc1cncc(Oc2ccc(Br)cc2F)c1. The van der Waals surface area contributed by atoms with Gasteiger partial charge in [-0.15, -0.1) is 0 Å². The van der Waals surface area contributed by atoms with Crippen LogP contribution in [0.3, 0.4) is 0 Å². The fraction of sp³-hybridized carbons (Fsp3) is 0. The summed E-state index contributed by atoms with van der Waals surface area (Å²) in [5, 5.41) is 0. The Morgan fingerprint density at radius 1 is 1.29 bits per heavy atom. The molecule has 0 N–H and O–H groups in total. The van der Waals surface area contributed by atoms with Crippen LogP contribution in [0.15, 0.2) is 41.1 Å². The second kappa shape index (κ2) is 5.05. The molecule has 2 rings (SSSR count). The van der Waals surface area contributed by atoms with E-state index in [0.717, 1.165) is 0 Å². The summed E-state index contributed by atoms with van der Waals surface area (Å²) in [7, 11) is 0. The van der Waals surface area contributed by atoms with E-state index in [-0.39, 0.29) is 5.75 Å². The topological polar surface area (TPSA) is 39.2 Å². The number of aromatic nitrogens is 1. The lowest BCUT2D eigenvalue weighted by molar-refractivity contribution is 0.112. The Balaban J connectivity index is 2.27. The highest BCUT2D eigenvalue weighted by Crippen LogP contribution is 2.26. The average Bonchev–Trinajstić information content (AvgIpc) is 2.33. The second-order valence-electron chi connectivity index (χ2n) is 3.25. The van der Waals surface area contributed by atoms with Gasteiger partial charge in [0.1, 0.15) is 5.75 Å². The summed E-state index contributed by atoms with van der Waals surface area (Å²) in [6.45, 7) is 0. The largest absolute Gasteiger partial charge is 0.453 e. The number of hydrogen-bond acceptors (Lipinski definition) is 3. The van der Waals surface area contributed by atoms with Crippen molar-refractivity contribution in [1.82, 2.24) is 4.98 Å². The number of ether oxygens (including phenoxy) is 1. The van der Waals surface area contributed by atoms with E-state index in [1.807, 2.05) is 0 Å². The summed E-state index contributed by atoms with van der Waals surface area (Å²) < 4.78 is 19.4. The average molecular weight is 296 g/mol. The lowest BCUT2D eigenvalue weighted by Gasteiger charge is -2.06. The Kier molecular flexibility index (Phi) is 3.49. The van der Waals surface area contributed by atoms with Crippen LogP contribution in [-0.4, -0.2) is 11.3 Å². The number of benzene rings is 1. The third-order valence-electron chi connectivity index (χ3n) is 1.99. The van der Waals surface area contributed by atoms with Gasteiger partial charge in [0.05, 0.1) is 6.20 Å². The van der Waals surface area contributed by atoms with Gasteiger partial charge < -0.3 is 4.74 Å². The van der Waals surface area contributed by atoms with Gasteiger partial charge in [0.15, 0.2) is 17.9 Å². The number of nitrogens with zero attached hydrogens (tertiary/aromatic N) is 1. The van der Waals surface area contributed by atoms with Gasteiger partial charge in [0.25, 0.3) is 0 Å². The van der Waals surface area contributed by atoms with E-state index in [4.69, 9.17) is 4.74 Å². The molecule has 0 aliphatic carbocycles. The van der Waals surface area contributed by atoms with Gasteiger partial charge in [-0.2, -0.15) is 0 Å². The third kappa shape index (κ3) is 2.88. The standard InChI is InChI=1S/C12H7BrFNO2/c13-9-1-2-12(11(14)4-9)17-10-3-8(7-16)5-15-6-10/h1-7H. The van der Waals surface area contributed by atoms with Crippen LogP contribution in [0.2, 0.25) is 0 Å². The fourth-order valence-corrected chi connectivity index (χ4v) is 1.57. The number of pyridine rings is 1. The summed E-state index contributed by atoms with van der Waals surface area (Å²) in [6.07, 6.45) is 3.46. The van der Waals surface area contributed by atoms with Crippen LogP contribution in [0.5, 0.6) is 11.5 Å². The molecule has 5 heteroatoms. The lowest BCUT2D eigenvalue weighted by Crippen LogP contribution is -1.90. The van der Waals surface area contributed by atoms with Gasteiger partial charge in [0, 0.05) is 16.2 Å². The van der Waals surface area contributed by atoms with Crippen LogP contribution in [0, 0.1) is 5.82 Å². The third-order valence-corrected chi connectivity index (χ3v) is 2.49. The van der Waals surface area contributed by atoms with Crippen LogP contribution in [0.4, 0.5) is 4.39 Å². The van der Waals surface area contributed by atoms with Crippen LogP contribution >= 0.6 is 15.9 Å². The molecular weight excluding hydrogens is 289 g/mol. The number of halogens is 2. The van der Waals surface area contributed by atoms with E-state index in [9.17, 15) is 9.18 Å². The van der Waals surface area contributed by atoms with Gasteiger partial charge in [-0.25, -0.2) is 4.39 Å². The van der Waals surface area contributed by atoms with Crippen LogP contribution in [-0.2, 0) is 0 Å². The minimum atomic E-state index is -0.490. The summed E-state index contributed by atoms with van der Waals surface area (Å²) >= 11 is 3.15. The molecule has 0 spiro atoms. The van der Waals surface area contributed by atoms with Gasteiger partial charge in [-0.1, -0.05) is 15.9 Å². The monoisotopic (exact) mass is 295 g/mol.